The number of fused-ring (bicyclic) bond motifs is 1. The molecule has 0 fully saturated rings. The van der Waals surface area contributed by atoms with E-state index in [0.717, 1.165) is 0 Å². The Morgan fingerprint density at radius 1 is 1.10 bits per heavy atom. The number of pyridine rings is 1. The van der Waals surface area contributed by atoms with Gasteiger partial charge in [0.05, 0.1) is 24.8 Å². The molecular weight excluding hydrogens is 424 g/mol. The summed E-state index contributed by atoms with van der Waals surface area (Å²) in [5.41, 5.74) is 0.0378. The Balaban J connectivity index is 1.80. The number of rotatable bonds is 8. The summed E-state index contributed by atoms with van der Waals surface area (Å²) in [5, 5.41) is 4.03. The van der Waals surface area contributed by atoms with Crippen molar-refractivity contribution in [2.45, 2.75) is 13.5 Å². The van der Waals surface area contributed by atoms with Crippen molar-refractivity contribution in [3.8, 4) is 11.5 Å². The van der Waals surface area contributed by atoms with Crippen LogP contribution in [0.3, 0.4) is 0 Å². The monoisotopic (exact) mass is 444 g/mol. The molecule has 2 aromatic carbocycles. The molecule has 3 aromatic rings. The standard InChI is InChI=1S/C22H21ClN2O6/c1-3-30-21(27)13-31-18-6-4-5-16-15(18)9-10-25(22(16)28)12-20(26)24-17-11-14(23)7-8-19(17)29-2/h4-11H,3,12-13H2,1-2H3,(H,24,26). The number of esters is 1. The third-order valence-corrected chi connectivity index (χ3v) is 4.61. The van der Waals surface area contributed by atoms with Crippen LogP contribution in [0.2, 0.25) is 5.02 Å². The van der Waals surface area contributed by atoms with Gasteiger partial charge in [-0.05, 0) is 43.3 Å². The van der Waals surface area contributed by atoms with Crippen LogP contribution in [0.25, 0.3) is 10.8 Å². The van der Waals surface area contributed by atoms with Gasteiger partial charge in [-0.2, -0.15) is 0 Å². The number of methoxy groups -OCH3 is 1. The predicted molar refractivity (Wildman–Crippen MR) is 117 cm³/mol. The van der Waals surface area contributed by atoms with E-state index in [9.17, 15) is 14.4 Å². The zero-order valence-corrected chi connectivity index (χ0v) is 17.8. The Kier molecular flexibility index (Phi) is 7.15. The fraction of sp³-hybridized carbons (Fsp3) is 0.227. The van der Waals surface area contributed by atoms with Gasteiger partial charge in [0.25, 0.3) is 5.56 Å². The van der Waals surface area contributed by atoms with Crippen molar-refractivity contribution >= 4 is 39.9 Å². The first-order chi connectivity index (χ1) is 14.9. The molecule has 3 rings (SSSR count). The lowest BCUT2D eigenvalue weighted by Crippen LogP contribution is -2.27. The van der Waals surface area contributed by atoms with Gasteiger partial charge in [-0.3, -0.25) is 9.59 Å². The highest BCUT2D eigenvalue weighted by Crippen LogP contribution is 2.27. The van der Waals surface area contributed by atoms with Gasteiger partial charge in [0.2, 0.25) is 5.91 Å². The van der Waals surface area contributed by atoms with Crippen molar-refractivity contribution in [2.24, 2.45) is 0 Å². The van der Waals surface area contributed by atoms with E-state index in [0.29, 0.717) is 33.0 Å². The Morgan fingerprint density at radius 2 is 1.90 bits per heavy atom. The molecule has 8 nitrogen and oxygen atoms in total. The van der Waals surface area contributed by atoms with E-state index >= 15 is 0 Å². The maximum absolute atomic E-state index is 12.9. The van der Waals surface area contributed by atoms with E-state index in [-0.39, 0.29) is 25.3 Å². The number of carbonyl (C=O) groups is 2. The van der Waals surface area contributed by atoms with E-state index in [1.54, 1.807) is 49.4 Å². The minimum Gasteiger partial charge on any atom is -0.495 e. The molecule has 1 N–H and O–H groups in total. The number of ether oxygens (including phenoxy) is 3. The van der Waals surface area contributed by atoms with Crippen molar-refractivity contribution < 1.29 is 23.8 Å². The van der Waals surface area contributed by atoms with Gasteiger partial charge in [-0.25, -0.2) is 4.79 Å². The van der Waals surface area contributed by atoms with Crippen LogP contribution in [-0.2, 0) is 20.9 Å². The van der Waals surface area contributed by atoms with E-state index in [4.69, 9.17) is 25.8 Å². The molecule has 0 radical (unpaired) electrons. The molecule has 0 spiro atoms. The first-order valence-electron chi connectivity index (χ1n) is 9.47. The summed E-state index contributed by atoms with van der Waals surface area (Å²) in [4.78, 5) is 36.9. The molecule has 162 valence electrons. The number of hydrogen-bond donors (Lipinski definition) is 1. The summed E-state index contributed by atoms with van der Waals surface area (Å²) < 4.78 is 16.8. The number of hydrogen-bond acceptors (Lipinski definition) is 6. The van der Waals surface area contributed by atoms with Crippen molar-refractivity contribution in [1.29, 1.82) is 0 Å². The topological polar surface area (TPSA) is 95.9 Å². The van der Waals surface area contributed by atoms with Gasteiger partial charge in [-0.15, -0.1) is 0 Å². The Labute approximate surface area is 183 Å². The highest BCUT2D eigenvalue weighted by molar-refractivity contribution is 6.31. The summed E-state index contributed by atoms with van der Waals surface area (Å²) in [5.74, 6) is -0.0902. The molecule has 0 aliphatic carbocycles. The molecule has 0 atom stereocenters. The average Bonchev–Trinajstić information content (AvgIpc) is 2.74. The summed E-state index contributed by atoms with van der Waals surface area (Å²) in [6, 6.07) is 11.4. The van der Waals surface area contributed by atoms with E-state index < -0.39 is 11.9 Å². The fourth-order valence-electron chi connectivity index (χ4n) is 3.00. The van der Waals surface area contributed by atoms with Crippen LogP contribution in [0, 0.1) is 0 Å². The number of benzene rings is 2. The lowest BCUT2D eigenvalue weighted by atomic mass is 10.1. The Morgan fingerprint density at radius 3 is 2.65 bits per heavy atom. The predicted octanol–water partition coefficient (Wildman–Crippen LogP) is 3.24. The first-order valence-corrected chi connectivity index (χ1v) is 9.84. The van der Waals surface area contributed by atoms with E-state index in [1.807, 2.05) is 0 Å². The first kappa shape index (κ1) is 22.2. The highest BCUT2D eigenvalue weighted by atomic mass is 35.5. The molecule has 0 saturated carbocycles. The lowest BCUT2D eigenvalue weighted by Gasteiger charge is -2.13. The summed E-state index contributed by atoms with van der Waals surface area (Å²) >= 11 is 5.98. The van der Waals surface area contributed by atoms with Crippen LogP contribution in [-0.4, -0.2) is 36.8 Å². The zero-order chi connectivity index (χ0) is 22.4. The van der Waals surface area contributed by atoms with Crippen LogP contribution in [0.4, 0.5) is 5.69 Å². The van der Waals surface area contributed by atoms with Crippen LogP contribution in [0.1, 0.15) is 6.92 Å². The zero-order valence-electron chi connectivity index (χ0n) is 17.0. The van der Waals surface area contributed by atoms with Crippen molar-refractivity contribution in [3.05, 3.63) is 64.0 Å². The Hall–Kier alpha value is -3.52. The SMILES string of the molecule is CCOC(=O)COc1cccc2c(=O)n(CC(=O)Nc3cc(Cl)ccc3OC)ccc12. The van der Waals surface area contributed by atoms with Crippen LogP contribution < -0.4 is 20.3 Å². The molecule has 0 aliphatic rings. The summed E-state index contributed by atoms with van der Waals surface area (Å²) in [6.07, 6.45) is 1.50. The van der Waals surface area contributed by atoms with Crippen LogP contribution >= 0.6 is 11.6 Å². The second-order valence-corrected chi connectivity index (χ2v) is 6.89. The van der Waals surface area contributed by atoms with Crippen LogP contribution in [0.15, 0.2) is 53.5 Å². The van der Waals surface area contributed by atoms with Gasteiger partial charge in [0.1, 0.15) is 18.0 Å². The Bertz CT molecular complexity index is 1170. The second-order valence-electron chi connectivity index (χ2n) is 6.45. The number of nitrogens with zero attached hydrogens (tertiary/aromatic N) is 1. The lowest BCUT2D eigenvalue weighted by molar-refractivity contribution is -0.145. The number of carbonyl (C=O) groups excluding carboxylic acids is 2. The summed E-state index contributed by atoms with van der Waals surface area (Å²) in [7, 11) is 1.48. The third-order valence-electron chi connectivity index (χ3n) is 4.38. The maximum atomic E-state index is 12.9. The molecule has 0 unspecified atom stereocenters. The molecule has 0 saturated heterocycles. The number of aromatic nitrogens is 1. The largest absolute Gasteiger partial charge is 0.495 e. The molecule has 0 aliphatic heterocycles. The van der Waals surface area contributed by atoms with Crippen molar-refractivity contribution in [3.63, 3.8) is 0 Å². The quantitative estimate of drug-likeness (QED) is 0.536. The molecule has 1 heterocycles. The fourth-order valence-corrected chi connectivity index (χ4v) is 3.17. The van der Waals surface area contributed by atoms with E-state index in [1.165, 1.54) is 17.9 Å². The smallest absolute Gasteiger partial charge is 0.344 e. The maximum Gasteiger partial charge on any atom is 0.344 e. The number of amides is 1. The second kappa shape index (κ2) is 9.99. The van der Waals surface area contributed by atoms with Gasteiger partial charge in [0, 0.05) is 16.6 Å². The number of anilines is 1. The normalized spacial score (nSPS) is 10.5. The molecule has 1 aromatic heterocycles. The van der Waals surface area contributed by atoms with Gasteiger partial charge < -0.3 is 24.1 Å². The molecule has 1 amide bonds. The van der Waals surface area contributed by atoms with Crippen molar-refractivity contribution in [2.75, 3.05) is 25.6 Å². The number of nitrogens with one attached hydrogen (secondary N) is 1. The van der Waals surface area contributed by atoms with Gasteiger partial charge in [0.15, 0.2) is 6.61 Å². The van der Waals surface area contributed by atoms with Crippen molar-refractivity contribution in [1.82, 2.24) is 4.57 Å². The minimum absolute atomic E-state index is 0.210. The molecule has 9 heteroatoms. The molecule has 0 bridgehead atoms. The molecule has 31 heavy (non-hydrogen) atoms. The number of halogens is 1. The van der Waals surface area contributed by atoms with Crippen LogP contribution in [0.5, 0.6) is 11.5 Å². The molecular formula is C22H21ClN2O6. The highest BCUT2D eigenvalue weighted by Gasteiger charge is 2.13. The third kappa shape index (κ3) is 5.35. The van der Waals surface area contributed by atoms with E-state index in [2.05, 4.69) is 5.32 Å². The van der Waals surface area contributed by atoms with Gasteiger partial charge >= 0.3 is 5.97 Å². The summed E-state index contributed by atoms with van der Waals surface area (Å²) in [6.45, 7) is 1.49. The minimum atomic E-state index is -0.499. The van der Waals surface area contributed by atoms with Gasteiger partial charge in [-0.1, -0.05) is 17.7 Å². The average molecular weight is 445 g/mol.